The van der Waals surface area contributed by atoms with Crippen LogP contribution in [-0.2, 0) is 19.1 Å². The molecule has 0 spiro atoms. The molecule has 1 aliphatic rings. The maximum atomic E-state index is 12.3. The molecule has 1 aromatic rings. The molecule has 0 aromatic heterocycles. The van der Waals surface area contributed by atoms with Crippen molar-refractivity contribution in [2.75, 3.05) is 13.2 Å². The Bertz CT molecular complexity index is 526. The first-order chi connectivity index (χ1) is 9.56. The van der Waals surface area contributed by atoms with E-state index in [0.29, 0.717) is 0 Å². The van der Waals surface area contributed by atoms with Gasteiger partial charge in [-0.25, -0.2) is 0 Å². The quantitative estimate of drug-likeness (QED) is 0.617. The fourth-order valence-electron chi connectivity index (χ4n) is 2.51. The Labute approximate surface area is 117 Å². The van der Waals surface area contributed by atoms with Crippen LogP contribution >= 0.6 is 0 Å². The van der Waals surface area contributed by atoms with Crippen molar-refractivity contribution >= 4 is 17.8 Å². The van der Waals surface area contributed by atoms with Gasteiger partial charge in [0.1, 0.15) is 5.92 Å². The van der Waals surface area contributed by atoms with Crippen molar-refractivity contribution in [2.45, 2.75) is 19.8 Å². The molecule has 2 unspecified atom stereocenters. The molecule has 1 heterocycles. The summed E-state index contributed by atoms with van der Waals surface area (Å²) >= 11 is 0. The Morgan fingerprint density at radius 1 is 1.30 bits per heavy atom. The molecule has 20 heavy (non-hydrogen) atoms. The molecule has 1 fully saturated rings. The topological polar surface area (TPSA) is 63.7 Å². The molecule has 5 heteroatoms. The Hall–Kier alpha value is -2.17. The molecule has 0 N–H and O–H groups in total. The van der Waals surface area contributed by atoms with Crippen LogP contribution in [0.5, 0.6) is 0 Å². The van der Waals surface area contributed by atoms with E-state index in [9.17, 15) is 14.4 Å². The van der Waals surface area contributed by atoms with E-state index in [2.05, 4.69) is 0 Å². The summed E-state index contributed by atoms with van der Waals surface area (Å²) in [6.07, 6.45) is 0. The minimum atomic E-state index is -0.929. The van der Waals surface area contributed by atoms with Gasteiger partial charge < -0.3 is 4.74 Å². The SMILES string of the molecule is CCOC(=O)C1C(=O)N(C(C)=O)CC1c1ccccc1. The van der Waals surface area contributed by atoms with E-state index < -0.39 is 17.8 Å². The first-order valence-corrected chi connectivity index (χ1v) is 6.59. The fourth-order valence-corrected chi connectivity index (χ4v) is 2.51. The van der Waals surface area contributed by atoms with Crippen LogP contribution in [0.25, 0.3) is 0 Å². The van der Waals surface area contributed by atoms with Crippen LogP contribution in [0, 0.1) is 5.92 Å². The summed E-state index contributed by atoms with van der Waals surface area (Å²) in [6, 6.07) is 9.26. The van der Waals surface area contributed by atoms with Crippen molar-refractivity contribution in [1.29, 1.82) is 0 Å². The average Bonchev–Trinajstić information content (AvgIpc) is 2.78. The fraction of sp³-hybridized carbons (Fsp3) is 0.400. The van der Waals surface area contributed by atoms with Gasteiger partial charge >= 0.3 is 5.97 Å². The molecule has 1 aromatic carbocycles. The van der Waals surface area contributed by atoms with Gasteiger partial charge in [-0.1, -0.05) is 30.3 Å². The van der Waals surface area contributed by atoms with E-state index in [-0.39, 0.29) is 25.0 Å². The number of rotatable bonds is 3. The van der Waals surface area contributed by atoms with Gasteiger partial charge in [0.2, 0.25) is 11.8 Å². The first kappa shape index (κ1) is 14.2. The van der Waals surface area contributed by atoms with Gasteiger partial charge in [-0.15, -0.1) is 0 Å². The number of carbonyl (C=O) groups excluding carboxylic acids is 3. The number of likely N-dealkylation sites (tertiary alicyclic amines) is 1. The smallest absolute Gasteiger partial charge is 0.319 e. The van der Waals surface area contributed by atoms with E-state index in [1.807, 2.05) is 30.3 Å². The van der Waals surface area contributed by atoms with Crippen LogP contribution in [0.2, 0.25) is 0 Å². The highest BCUT2D eigenvalue weighted by molar-refractivity contribution is 6.07. The number of amides is 2. The average molecular weight is 275 g/mol. The Morgan fingerprint density at radius 3 is 2.50 bits per heavy atom. The third kappa shape index (κ3) is 2.57. The predicted octanol–water partition coefficient (Wildman–Crippen LogP) is 1.34. The van der Waals surface area contributed by atoms with Crippen molar-refractivity contribution in [2.24, 2.45) is 5.92 Å². The van der Waals surface area contributed by atoms with Crippen molar-refractivity contribution in [3.05, 3.63) is 35.9 Å². The zero-order chi connectivity index (χ0) is 14.7. The summed E-state index contributed by atoms with van der Waals surface area (Å²) in [5, 5.41) is 0. The zero-order valence-electron chi connectivity index (χ0n) is 11.5. The number of carbonyl (C=O) groups is 3. The van der Waals surface area contributed by atoms with Gasteiger partial charge in [-0.3, -0.25) is 19.3 Å². The predicted molar refractivity (Wildman–Crippen MR) is 71.7 cm³/mol. The summed E-state index contributed by atoms with van der Waals surface area (Å²) < 4.78 is 4.98. The molecule has 2 amide bonds. The highest BCUT2D eigenvalue weighted by atomic mass is 16.5. The van der Waals surface area contributed by atoms with Crippen molar-refractivity contribution in [3.8, 4) is 0 Å². The lowest BCUT2D eigenvalue weighted by atomic mass is 9.89. The molecule has 5 nitrogen and oxygen atoms in total. The van der Waals surface area contributed by atoms with Gasteiger partial charge in [0.05, 0.1) is 6.61 Å². The lowest BCUT2D eigenvalue weighted by Gasteiger charge is -2.15. The van der Waals surface area contributed by atoms with Crippen LogP contribution in [0.3, 0.4) is 0 Å². The zero-order valence-corrected chi connectivity index (χ0v) is 11.5. The van der Waals surface area contributed by atoms with Crippen LogP contribution in [-0.4, -0.2) is 35.8 Å². The van der Waals surface area contributed by atoms with Gasteiger partial charge in [-0.05, 0) is 12.5 Å². The third-order valence-corrected chi connectivity index (χ3v) is 3.46. The van der Waals surface area contributed by atoms with Crippen LogP contribution in [0.1, 0.15) is 25.3 Å². The van der Waals surface area contributed by atoms with Gasteiger partial charge in [0, 0.05) is 19.4 Å². The maximum absolute atomic E-state index is 12.3. The molecular formula is C15H17NO4. The van der Waals surface area contributed by atoms with E-state index >= 15 is 0 Å². The number of imide groups is 1. The number of benzene rings is 1. The second-order valence-corrected chi connectivity index (χ2v) is 4.71. The number of hydrogen-bond acceptors (Lipinski definition) is 4. The molecular weight excluding hydrogens is 258 g/mol. The van der Waals surface area contributed by atoms with Gasteiger partial charge in [0.15, 0.2) is 0 Å². The summed E-state index contributed by atoms with van der Waals surface area (Å²) in [4.78, 5) is 36.9. The lowest BCUT2D eigenvalue weighted by Crippen LogP contribution is -2.34. The van der Waals surface area contributed by atoms with Crippen molar-refractivity contribution in [1.82, 2.24) is 4.90 Å². The number of ether oxygens (including phenoxy) is 1. The Morgan fingerprint density at radius 2 is 1.95 bits per heavy atom. The normalized spacial score (nSPS) is 21.9. The highest BCUT2D eigenvalue weighted by Crippen LogP contribution is 2.34. The summed E-state index contributed by atoms with van der Waals surface area (Å²) in [6.45, 7) is 3.46. The van der Waals surface area contributed by atoms with Gasteiger partial charge in [-0.2, -0.15) is 0 Å². The molecule has 0 bridgehead atoms. The van der Waals surface area contributed by atoms with Crippen molar-refractivity contribution in [3.63, 3.8) is 0 Å². The minimum absolute atomic E-state index is 0.212. The molecule has 1 saturated heterocycles. The first-order valence-electron chi connectivity index (χ1n) is 6.59. The molecule has 0 aliphatic carbocycles. The van der Waals surface area contributed by atoms with Crippen LogP contribution in [0.4, 0.5) is 0 Å². The number of hydrogen-bond donors (Lipinski definition) is 0. The molecule has 2 atom stereocenters. The highest BCUT2D eigenvalue weighted by Gasteiger charge is 2.47. The second-order valence-electron chi connectivity index (χ2n) is 4.71. The van der Waals surface area contributed by atoms with E-state index in [4.69, 9.17) is 4.74 Å². The second kappa shape index (κ2) is 5.86. The summed E-state index contributed by atoms with van der Waals surface area (Å²) in [5.74, 6) is -2.64. The van der Waals surface area contributed by atoms with E-state index in [1.165, 1.54) is 6.92 Å². The number of esters is 1. The molecule has 106 valence electrons. The largest absolute Gasteiger partial charge is 0.465 e. The third-order valence-electron chi connectivity index (χ3n) is 3.46. The van der Waals surface area contributed by atoms with E-state index in [0.717, 1.165) is 10.5 Å². The molecule has 0 radical (unpaired) electrons. The maximum Gasteiger partial charge on any atom is 0.319 e. The monoisotopic (exact) mass is 275 g/mol. The summed E-state index contributed by atoms with van der Waals surface area (Å²) in [7, 11) is 0. The lowest BCUT2D eigenvalue weighted by molar-refractivity contribution is -0.153. The molecule has 1 aliphatic heterocycles. The van der Waals surface area contributed by atoms with Gasteiger partial charge in [0.25, 0.3) is 0 Å². The van der Waals surface area contributed by atoms with E-state index in [1.54, 1.807) is 6.92 Å². The summed E-state index contributed by atoms with van der Waals surface area (Å²) in [5.41, 5.74) is 0.864. The number of nitrogens with zero attached hydrogens (tertiary/aromatic N) is 1. The van der Waals surface area contributed by atoms with Crippen molar-refractivity contribution < 1.29 is 19.1 Å². The standard InChI is InChI=1S/C15H17NO4/c1-3-20-15(19)13-12(11-7-5-4-6-8-11)9-16(10(2)17)14(13)18/h4-8,12-13H,3,9H2,1-2H3. The van der Waals surface area contributed by atoms with Crippen LogP contribution in [0.15, 0.2) is 30.3 Å². The van der Waals surface area contributed by atoms with Crippen LogP contribution < -0.4 is 0 Å². The Kier molecular flexibility index (Phi) is 4.17. The molecule has 2 rings (SSSR count). The Balaban J connectivity index is 2.35. The minimum Gasteiger partial charge on any atom is -0.465 e. The molecule has 0 saturated carbocycles.